The Labute approximate surface area is 194 Å². The van der Waals surface area contributed by atoms with Gasteiger partial charge < -0.3 is 16.0 Å². The third-order valence-electron chi connectivity index (χ3n) is 4.63. The third-order valence-corrected chi connectivity index (χ3v) is 5.76. The number of nitrogens with zero attached hydrogens (tertiary/aromatic N) is 3. The zero-order valence-electron chi connectivity index (χ0n) is 18.8. The molecule has 0 bridgehead atoms. The quantitative estimate of drug-likeness (QED) is 0.460. The number of nitriles is 1. The van der Waals surface area contributed by atoms with Crippen molar-refractivity contribution in [1.82, 2.24) is 14.8 Å². The lowest BCUT2D eigenvalue weighted by Crippen LogP contribution is -2.35. The summed E-state index contributed by atoms with van der Waals surface area (Å²) in [6.45, 7) is 4.00. The molecule has 3 N–H and O–H groups in total. The van der Waals surface area contributed by atoms with Crippen LogP contribution >= 0.6 is 11.3 Å². The Bertz CT molecular complexity index is 1210. The van der Waals surface area contributed by atoms with Gasteiger partial charge in [-0.05, 0) is 38.7 Å². The van der Waals surface area contributed by atoms with Gasteiger partial charge in [-0.3, -0.25) is 23.9 Å². The summed E-state index contributed by atoms with van der Waals surface area (Å²) >= 11 is 0.992. The van der Waals surface area contributed by atoms with Gasteiger partial charge >= 0.3 is 0 Å². The Morgan fingerprint density at radius 1 is 1.30 bits per heavy atom. The summed E-state index contributed by atoms with van der Waals surface area (Å²) in [6, 6.07) is 8.83. The van der Waals surface area contributed by atoms with Crippen LogP contribution in [0.3, 0.4) is 0 Å². The highest BCUT2D eigenvalue weighted by Gasteiger charge is 2.15. The molecule has 11 heteroatoms. The lowest BCUT2D eigenvalue weighted by atomic mass is 10.2. The first-order chi connectivity index (χ1) is 15.8. The third kappa shape index (κ3) is 7.00. The number of carbonyl (C=O) groups is 2. The average Bonchev–Trinajstić information content (AvgIpc) is 3.11. The lowest BCUT2D eigenvalue weighted by molar-refractivity contribution is -0.117. The van der Waals surface area contributed by atoms with E-state index in [-0.39, 0.29) is 45.9 Å². The molecule has 0 aliphatic rings. The smallest absolute Gasteiger partial charge is 0.270 e. The SMILES string of the molecule is CCN(C)CC(=O)Nc1cccc(N/C=c2/s/c(=C(/C#N)C(=O)NCCF)n(CC)c2=O)c1. The van der Waals surface area contributed by atoms with Crippen molar-refractivity contribution in [2.24, 2.45) is 0 Å². The highest BCUT2D eigenvalue weighted by atomic mass is 32.1. The summed E-state index contributed by atoms with van der Waals surface area (Å²) in [7, 11) is 1.85. The first-order valence-electron chi connectivity index (χ1n) is 10.4. The van der Waals surface area contributed by atoms with Crippen LogP contribution < -0.4 is 30.7 Å². The van der Waals surface area contributed by atoms with E-state index in [4.69, 9.17) is 0 Å². The van der Waals surface area contributed by atoms with E-state index in [1.807, 2.05) is 24.9 Å². The van der Waals surface area contributed by atoms with E-state index in [9.17, 15) is 24.0 Å². The number of rotatable bonds is 10. The molecule has 0 saturated carbocycles. The lowest BCUT2D eigenvalue weighted by Gasteiger charge is -2.13. The highest BCUT2D eigenvalue weighted by Crippen LogP contribution is 2.15. The molecule has 0 radical (unpaired) electrons. The molecule has 1 heterocycles. The van der Waals surface area contributed by atoms with Crippen molar-refractivity contribution in [2.45, 2.75) is 20.4 Å². The van der Waals surface area contributed by atoms with Gasteiger partial charge in [-0.25, -0.2) is 4.39 Å². The largest absolute Gasteiger partial charge is 0.360 e. The first-order valence-corrected chi connectivity index (χ1v) is 11.2. The van der Waals surface area contributed by atoms with Gasteiger partial charge in [-0.1, -0.05) is 13.0 Å². The Hall–Kier alpha value is -3.49. The molecular weight excluding hydrogens is 447 g/mol. The summed E-state index contributed by atoms with van der Waals surface area (Å²) < 4.78 is 14.2. The second-order valence-electron chi connectivity index (χ2n) is 7.00. The van der Waals surface area contributed by atoms with Crippen LogP contribution in [0.4, 0.5) is 15.8 Å². The molecular formula is C22H27FN6O3S. The predicted octanol–water partition coefficient (Wildman–Crippen LogP) is 0.430. The molecule has 0 atom stereocenters. The number of aromatic nitrogens is 1. The van der Waals surface area contributed by atoms with E-state index in [1.165, 1.54) is 10.8 Å². The number of alkyl halides is 1. The summed E-state index contributed by atoms with van der Waals surface area (Å²) in [6.07, 6.45) is 1.49. The minimum absolute atomic E-state index is 0.139. The number of hydrogen-bond acceptors (Lipinski definition) is 7. The molecule has 2 aromatic rings. The molecule has 0 spiro atoms. The van der Waals surface area contributed by atoms with E-state index in [0.717, 1.165) is 17.9 Å². The molecule has 33 heavy (non-hydrogen) atoms. The van der Waals surface area contributed by atoms with Crippen molar-refractivity contribution >= 4 is 46.3 Å². The number of benzene rings is 1. The van der Waals surface area contributed by atoms with Crippen molar-refractivity contribution in [3.63, 3.8) is 0 Å². The Kier molecular flexibility index (Phi) is 9.78. The number of likely N-dealkylation sites (N-methyl/N-ethyl adjacent to an activating group) is 1. The van der Waals surface area contributed by atoms with Gasteiger partial charge in [0.1, 0.15) is 21.9 Å². The van der Waals surface area contributed by atoms with E-state index >= 15 is 0 Å². The van der Waals surface area contributed by atoms with E-state index in [1.54, 1.807) is 31.2 Å². The van der Waals surface area contributed by atoms with Gasteiger partial charge in [0.05, 0.1) is 6.54 Å². The summed E-state index contributed by atoms with van der Waals surface area (Å²) in [5.41, 5.74) is 0.640. The van der Waals surface area contributed by atoms with Crippen LogP contribution in [0.2, 0.25) is 0 Å². The molecule has 1 aromatic heterocycles. The van der Waals surface area contributed by atoms with Gasteiger partial charge in [0.2, 0.25) is 5.91 Å². The van der Waals surface area contributed by atoms with Gasteiger partial charge in [-0.15, -0.1) is 11.3 Å². The number of halogens is 1. The van der Waals surface area contributed by atoms with Crippen LogP contribution in [0, 0.1) is 11.3 Å². The zero-order valence-corrected chi connectivity index (χ0v) is 19.6. The van der Waals surface area contributed by atoms with E-state index in [0.29, 0.717) is 11.4 Å². The second-order valence-corrected chi connectivity index (χ2v) is 8.03. The highest BCUT2D eigenvalue weighted by molar-refractivity contribution is 7.07. The summed E-state index contributed by atoms with van der Waals surface area (Å²) in [5, 5.41) is 17.6. The zero-order chi connectivity index (χ0) is 24.4. The van der Waals surface area contributed by atoms with E-state index < -0.39 is 12.6 Å². The summed E-state index contributed by atoms with van der Waals surface area (Å²) in [5.74, 6) is -0.866. The second kappa shape index (κ2) is 12.5. The molecule has 1 aromatic carbocycles. The number of anilines is 2. The topological polar surface area (TPSA) is 119 Å². The van der Waals surface area contributed by atoms with Gasteiger partial charge in [0, 0.05) is 30.7 Å². The van der Waals surface area contributed by atoms with Crippen LogP contribution in [-0.4, -0.2) is 54.6 Å². The van der Waals surface area contributed by atoms with Crippen LogP contribution in [-0.2, 0) is 16.1 Å². The minimum atomic E-state index is -0.757. The van der Waals surface area contributed by atoms with Crippen LogP contribution in [0.5, 0.6) is 0 Å². The van der Waals surface area contributed by atoms with Crippen LogP contribution in [0.15, 0.2) is 29.1 Å². The van der Waals surface area contributed by atoms with Crippen LogP contribution in [0.25, 0.3) is 11.8 Å². The maximum absolute atomic E-state index is 12.8. The standard InChI is InChI=1S/C22H27FN6O3S/c1-4-28(3)14-19(30)27-16-8-6-7-15(11-16)26-13-18-21(32)29(5-2)22(33-18)17(12-24)20(31)25-10-9-23/h6-8,11,13,26H,4-5,9-10,14H2,1-3H3,(H,25,31)(H,27,30)/b18-13+,22-17-. The van der Waals surface area contributed by atoms with Crippen LogP contribution in [0.1, 0.15) is 13.8 Å². The van der Waals surface area contributed by atoms with Gasteiger partial charge in [0.15, 0.2) is 5.57 Å². The molecule has 176 valence electrons. The fraction of sp³-hybridized carbons (Fsp3) is 0.364. The van der Waals surface area contributed by atoms with E-state index in [2.05, 4.69) is 16.0 Å². The molecule has 0 aliphatic heterocycles. The molecule has 0 aliphatic carbocycles. The molecule has 2 amide bonds. The maximum atomic E-state index is 12.8. The Morgan fingerprint density at radius 2 is 2.03 bits per heavy atom. The minimum Gasteiger partial charge on any atom is -0.360 e. The van der Waals surface area contributed by atoms with Crippen molar-refractivity contribution in [3.8, 4) is 6.07 Å². The number of carbonyl (C=O) groups excluding carboxylic acids is 2. The van der Waals surface area contributed by atoms with Gasteiger partial charge in [0.25, 0.3) is 11.5 Å². The number of amides is 2. The molecule has 0 unspecified atom stereocenters. The number of thiazole rings is 1. The molecule has 2 rings (SSSR count). The average molecular weight is 475 g/mol. The van der Waals surface area contributed by atoms with Crippen molar-refractivity contribution < 1.29 is 14.0 Å². The Morgan fingerprint density at radius 3 is 2.67 bits per heavy atom. The van der Waals surface area contributed by atoms with Crippen molar-refractivity contribution in [1.29, 1.82) is 5.26 Å². The Balaban J connectivity index is 2.34. The maximum Gasteiger partial charge on any atom is 0.270 e. The fourth-order valence-electron chi connectivity index (χ4n) is 2.83. The number of hydrogen-bond donors (Lipinski definition) is 3. The fourth-order valence-corrected chi connectivity index (χ4v) is 3.92. The van der Waals surface area contributed by atoms with Gasteiger partial charge in [-0.2, -0.15) is 5.26 Å². The van der Waals surface area contributed by atoms with Crippen molar-refractivity contribution in [3.05, 3.63) is 43.8 Å². The molecule has 0 fully saturated rings. The summed E-state index contributed by atoms with van der Waals surface area (Å²) in [4.78, 5) is 38.9. The predicted molar refractivity (Wildman–Crippen MR) is 128 cm³/mol. The monoisotopic (exact) mass is 474 g/mol. The van der Waals surface area contributed by atoms with Crippen molar-refractivity contribution in [2.75, 3.05) is 44.0 Å². The normalized spacial score (nSPS) is 12.3. The number of nitrogens with one attached hydrogen (secondary N) is 3. The first kappa shape index (κ1) is 25.8. The molecule has 0 saturated heterocycles. The molecule has 9 nitrogen and oxygen atoms in total.